The number of nitrogens with zero attached hydrogens (tertiary/aromatic N) is 3. The first-order valence-corrected chi connectivity index (χ1v) is 8.46. The molecule has 3 heterocycles. The molecule has 0 unspecified atom stereocenters. The Morgan fingerprint density at radius 2 is 2.10 bits per heavy atom. The van der Waals surface area contributed by atoms with Gasteiger partial charge in [0.05, 0.1) is 5.56 Å². The van der Waals surface area contributed by atoms with Crippen molar-refractivity contribution in [1.29, 1.82) is 5.26 Å². The molecule has 0 atom stereocenters. The molecule has 4 rings (SSSR count). The molecule has 0 saturated carbocycles. The molecule has 106 valence electrons. The number of thiophene rings is 1. The van der Waals surface area contributed by atoms with Crippen LogP contribution in [0.4, 0.5) is 5.82 Å². The molecule has 0 bridgehead atoms. The lowest BCUT2D eigenvalue weighted by molar-refractivity contribution is 0.659. The second-order valence-electron chi connectivity index (χ2n) is 5.82. The summed E-state index contributed by atoms with van der Waals surface area (Å²) < 4.78 is 0. The Kier molecular flexibility index (Phi) is 3.16. The van der Waals surface area contributed by atoms with Gasteiger partial charge in [0.1, 0.15) is 11.9 Å². The second-order valence-corrected chi connectivity index (χ2v) is 6.83. The van der Waals surface area contributed by atoms with E-state index in [2.05, 4.69) is 28.5 Å². The first-order chi connectivity index (χ1) is 10.3. The van der Waals surface area contributed by atoms with Gasteiger partial charge in [0.2, 0.25) is 0 Å². The quantitative estimate of drug-likeness (QED) is 0.809. The molecule has 0 amide bonds. The van der Waals surface area contributed by atoms with Crippen LogP contribution in [0.15, 0.2) is 17.5 Å². The van der Waals surface area contributed by atoms with Crippen molar-refractivity contribution in [2.75, 3.05) is 11.4 Å². The van der Waals surface area contributed by atoms with Crippen molar-refractivity contribution in [3.8, 4) is 6.07 Å². The zero-order valence-corrected chi connectivity index (χ0v) is 12.7. The summed E-state index contributed by atoms with van der Waals surface area (Å²) in [5.74, 6) is 0.898. The van der Waals surface area contributed by atoms with E-state index >= 15 is 0 Å². The average molecular weight is 295 g/mol. The van der Waals surface area contributed by atoms with Gasteiger partial charge in [-0.25, -0.2) is 4.98 Å². The maximum Gasteiger partial charge on any atom is 0.147 e. The molecule has 0 fully saturated rings. The molecule has 0 saturated heterocycles. The largest absolute Gasteiger partial charge is 0.351 e. The van der Waals surface area contributed by atoms with Crippen LogP contribution in [0.3, 0.4) is 0 Å². The van der Waals surface area contributed by atoms with Crippen LogP contribution in [0, 0.1) is 11.3 Å². The highest BCUT2D eigenvalue weighted by atomic mass is 32.1. The van der Waals surface area contributed by atoms with Crippen LogP contribution in [0.2, 0.25) is 0 Å². The van der Waals surface area contributed by atoms with E-state index in [0.29, 0.717) is 0 Å². The number of aryl methyl sites for hydroxylation is 2. The topological polar surface area (TPSA) is 39.9 Å². The number of hydrogen-bond acceptors (Lipinski definition) is 4. The summed E-state index contributed by atoms with van der Waals surface area (Å²) in [5, 5.41) is 11.7. The van der Waals surface area contributed by atoms with Crippen LogP contribution in [-0.2, 0) is 25.8 Å². The molecule has 3 nitrogen and oxygen atoms in total. The monoisotopic (exact) mass is 295 g/mol. The van der Waals surface area contributed by atoms with Gasteiger partial charge in [-0.1, -0.05) is 0 Å². The Labute approximate surface area is 128 Å². The fourth-order valence-corrected chi connectivity index (χ4v) is 4.27. The normalized spacial score (nSPS) is 17.0. The maximum atomic E-state index is 9.49. The molecule has 2 aromatic rings. The van der Waals surface area contributed by atoms with Gasteiger partial charge in [-0.3, -0.25) is 0 Å². The van der Waals surface area contributed by atoms with Crippen molar-refractivity contribution < 1.29 is 0 Å². The van der Waals surface area contributed by atoms with Crippen molar-refractivity contribution in [2.24, 2.45) is 0 Å². The van der Waals surface area contributed by atoms with Gasteiger partial charge in [-0.05, 0) is 60.7 Å². The van der Waals surface area contributed by atoms with E-state index < -0.39 is 0 Å². The van der Waals surface area contributed by atoms with Crippen molar-refractivity contribution >= 4 is 17.2 Å². The predicted molar refractivity (Wildman–Crippen MR) is 84.7 cm³/mol. The molecule has 0 radical (unpaired) electrons. The Morgan fingerprint density at radius 3 is 3.00 bits per heavy atom. The average Bonchev–Trinajstić information content (AvgIpc) is 3.01. The lowest BCUT2D eigenvalue weighted by Crippen LogP contribution is -2.31. The van der Waals surface area contributed by atoms with Crippen LogP contribution < -0.4 is 4.90 Å². The van der Waals surface area contributed by atoms with E-state index in [1.54, 1.807) is 0 Å². The van der Waals surface area contributed by atoms with Crippen molar-refractivity contribution in [3.63, 3.8) is 0 Å². The molecule has 4 heteroatoms. The summed E-state index contributed by atoms with van der Waals surface area (Å²) >= 11 is 1.84. The van der Waals surface area contributed by atoms with Crippen LogP contribution in [0.25, 0.3) is 0 Å². The summed E-state index contributed by atoms with van der Waals surface area (Å²) in [6.07, 6.45) is 5.65. The highest BCUT2D eigenvalue weighted by molar-refractivity contribution is 7.10. The van der Waals surface area contributed by atoms with Crippen LogP contribution in [0.1, 0.15) is 40.1 Å². The van der Waals surface area contributed by atoms with Gasteiger partial charge in [0.15, 0.2) is 0 Å². The number of aromatic nitrogens is 1. The summed E-state index contributed by atoms with van der Waals surface area (Å²) in [6, 6.07) is 6.65. The zero-order valence-electron chi connectivity index (χ0n) is 11.9. The first kappa shape index (κ1) is 12.8. The Balaban J connectivity index is 1.73. The number of rotatable bonds is 1. The summed E-state index contributed by atoms with van der Waals surface area (Å²) in [7, 11) is 0. The minimum absolute atomic E-state index is 0.745. The Hall–Kier alpha value is -1.86. The highest BCUT2D eigenvalue weighted by Crippen LogP contribution is 2.31. The van der Waals surface area contributed by atoms with Crippen molar-refractivity contribution in [3.05, 3.63) is 44.8 Å². The zero-order chi connectivity index (χ0) is 14.2. The predicted octanol–water partition coefficient (Wildman–Crippen LogP) is 3.46. The Bertz CT molecular complexity index is 726. The van der Waals surface area contributed by atoms with Gasteiger partial charge in [0, 0.05) is 23.7 Å². The second kappa shape index (κ2) is 5.16. The maximum absolute atomic E-state index is 9.49. The summed E-state index contributed by atoms with van der Waals surface area (Å²) in [4.78, 5) is 8.64. The van der Waals surface area contributed by atoms with E-state index in [-0.39, 0.29) is 0 Å². The minimum atomic E-state index is 0.745. The fraction of sp³-hybridized carbons (Fsp3) is 0.412. The third kappa shape index (κ3) is 2.22. The number of pyridine rings is 1. The Morgan fingerprint density at radius 1 is 1.19 bits per heavy atom. The highest BCUT2D eigenvalue weighted by Gasteiger charge is 2.23. The van der Waals surface area contributed by atoms with E-state index in [0.717, 1.165) is 43.7 Å². The molecule has 2 aromatic heterocycles. The van der Waals surface area contributed by atoms with E-state index in [4.69, 9.17) is 4.98 Å². The standard InChI is InChI=1S/C17H17N3S/c18-10-14-9-12-3-1-2-4-15(12)19-17(14)20-7-5-16-13(11-20)6-8-21-16/h6,8-9H,1-5,7,11H2. The molecular weight excluding hydrogens is 278 g/mol. The number of nitriles is 1. The molecule has 2 aliphatic rings. The number of anilines is 1. The van der Waals surface area contributed by atoms with E-state index in [1.165, 1.54) is 34.5 Å². The minimum Gasteiger partial charge on any atom is -0.351 e. The van der Waals surface area contributed by atoms with Gasteiger partial charge >= 0.3 is 0 Å². The van der Waals surface area contributed by atoms with Gasteiger partial charge in [-0.15, -0.1) is 11.3 Å². The van der Waals surface area contributed by atoms with Crippen LogP contribution in [-0.4, -0.2) is 11.5 Å². The number of fused-ring (bicyclic) bond motifs is 2. The summed E-state index contributed by atoms with van der Waals surface area (Å²) in [6.45, 7) is 1.85. The van der Waals surface area contributed by atoms with Crippen molar-refractivity contribution in [2.45, 2.75) is 38.6 Å². The van der Waals surface area contributed by atoms with Gasteiger partial charge < -0.3 is 4.90 Å². The first-order valence-electron chi connectivity index (χ1n) is 7.58. The van der Waals surface area contributed by atoms with E-state index in [9.17, 15) is 5.26 Å². The molecule has 0 spiro atoms. The van der Waals surface area contributed by atoms with Gasteiger partial charge in [-0.2, -0.15) is 5.26 Å². The molecule has 21 heavy (non-hydrogen) atoms. The molecule has 1 aliphatic heterocycles. The third-order valence-electron chi connectivity index (χ3n) is 4.51. The van der Waals surface area contributed by atoms with Crippen molar-refractivity contribution in [1.82, 2.24) is 4.98 Å². The third-order valence-corrected chi connectivity index (χ3v) is 5.53. The molecule has 1 aliphatic carbocycles. The van der Waals surface area contributed by atoms with Crippen LogP contribution in [0.5, 0.6) is 0 Å². The fourth-order valence-electron chi connectivity index (χ4n) is 3.38. The number of hydrogen-bond donors (Lipinski definition) is 0. The van der Waals surface area contributed by atoms with Crippen LogP contribution >= 0.6 is 11.3 Å². The van der Waals surface area contributed by atoms with Gasteiger partial charge in [0.25, 0.3) is 0 Å². The SMILES string of the molecule is N#Cc1cc2c(nc1N1CCc3sccc3C1)CCCC2. The van der Waals surface area contributed by atoms with E-state index in [1.807, 2.05) is 11.3 Å². The summed E-state index contributed by atoms with van der Waals surface area (Å²) in [5.41, 5.74) is 4.64. The molecular formula is C17H17N3S. The smallest absolute Gasteiger partial charge is 0.147 e. The molecule has 0 aromatic carbocycles. The lowest BCUT2D eigenvalue weighted by Gasteiger charge is -2.30. The lowest BCUT2D eigenvalue weighted by atomic mass is 9.94. The molecule has 0 N–H and O–H groups in total.